The van der Waals surface area contributed by atoms with Crippen LogP contribution in [0.1, 0.15) is 120 Å². The van der Waals surface area contributed by atoms with E-state index in [2.05, 4.69) is 17.6 Å². The Bertz CT molecular complexity index is 1230. The molecule has 0 fully saturated rings. The van der Waals surface area contributed by atoms with Gasteiger partial charge in [-0.2, -0.15) is 0 Å². The summed E-state index contributed by atoms with van der Waals surface area (Å²) in [6.45, 7) is 19.8. The van der Waals surface area contributed by atoms with Crippen molar-refractivity contribution >= 4 is 23.6 Å². The van der Waals surface area contributed by atoms with Gasteiger partial charge in [-0.25, -0.2) is 4.79 Å². The van der Waals surface area contributed by atoms with Crippen molar-refractivity contribution in [2.45, 2.75) is 132 Å². The van der Waals surface area contributed by atoms with Gasteiger partial charge in [-0.1, -0.05) is 101 Å². The lowest BCUT2D eigenvalue weighted by Crippen LogP contribution is -2.55. The molecule has 2 aromatic rings. The topological polar surface area (TPSA) is 87.7 Å². The van der Waals surface area contributed by atoms with Gasteiger partial charge in [-0.05, 0) is 83.1 Å². The molecule has 0 aromatic heterocycles. The van der Waals surface area contributed by atoms with Gasteiger partial charge in [0.1, 0.15) is 17.7 Å². The average molecular weight is 608 g/mol. The number of carbonyl (C=O) groups is 3. The maximum Gasteiger partial charge on any atom is 0.408 e. The molecule has 0 spiro atoms. The van der Waals surface area contributed by atoms with Crippen molar-refractivity contribution in [2.75, 3.05) is 11.9 Å². The number of hydrogen-bond donors (Lipinski definition) is 2. The summed E-state index contributed by atoms with van der Waals surface area (Å²) in [5.74, 6) is -0.722. The first kappa shape index (κ1) is 36.8. The lowest BCUT2D eigenvalue weighted by atomic mass is 9.93. The molecule has 2 N–H and O–H groups in total. The molecule has 2 aromatic carbocycles. The van der Waals surface area contributed by atoms with Crippen LogP contribution in [-0.4, -0.2) is 41.0 Å². The fraction of sp³-hybridized carbons (Fsp3) is 0.595. The fourth-order valence-electron chi connectivity index (χ4n) is 5.43. The Hall–Kier alpha value is -3.35. The van der Waals surface area contributed by atoms with Gasteiger partial charge in [-0.15, -0.1) is 0 Å². The quantitative estimate of drug-likeness (QED) is 0.198. The van der Waals surface area contributed by atoms with Crippen LogP contribution in [0.25, 0.3) is 0 Å². The van der Waals surface area contributed by atoms with Crippen molar-refractivity contribution < 1.29 is 19.1 Å². The van der Waals surface area contributed by atoms with Gasteiger partial charge in [0, 0.05) is 12.2 Å². The van der Waals surface area contributed by atoms with E-state index in [4.69, 9.17) is 4.74 Å². The highest BCUT2D eigenvalue weighted by molar-refractivity contribution is 6.00. The van der Waals surface area contributed by atoms with Gasteiger partial charge >= 0.3 is 6.09 Å². The maximum absolute atomic E-state index is 14.7. The van der Waals surface area contributed by atoms with Crippen LogP contribution >= 0.6 is 0 Å². The first-order chi connectivity index (χ1) is 20.7. The van der Waals surface area contributed by atoms with Gasteiger partial charge in [0.05, 0.1) is 0 Å². The van der Waals surface area contributed by atoms with E-state index in [9.17, 15) is 14.4 Å². The number of nitrogens with one attached hydrogen (secondary N) is 2. The zero-order valence-electron chi connectivity index (χ0n) is 28.9. The molecule has 44 heavy (non-hydrogen) atoms. The Morgan fingerprint density at radius 2 is 1.48 bits per heavy atom. The molecule has 0 saturated heterocycles. The van der Waals surface area contributed by atoms with Crippen LogP contribution in [0, 0.1) is 33.6 Å². The zero-order valence-corrected chi connectivity index (χ0v) is 28.9. The number of nitrogens with zero attached hydrogens (tertiary/aromatic N) is 1. The molecule has 7 heteroatoms. The first-order valence-electron chi connectivity index (χ1n) is 16.4. The molecule has 0 heterocycles. The summed E-state index contributed by atoms with van der Waals surface area (Å²) in [5.41, 5.74) is 4.67. The lowest BCUT2D eigenvalue weighted by Gasteiger charge is -2.37. The van der Waals surface area contributed by atoms with Crippen molar-refractivity contribution in [1.82, 2.24) is 10.2 Å². The van der Waals surface area contributed by atoms with Gasteiger partial charge < -0.3 is 20.3 Å². The number of ether oxygens (including phenoxy) is 1. The summed E-state index contributed by atoms with van der Waals surface area (Å²) in [4.78, 5) is 43.8. The number of amides is 3. The fourth-order valence-corrected chi connectivity index (χ4v) is 5.43. The molecule has 3 amide bonds. The molecule has 0 aliphatic heterocycles. The average Bonchev–Trinajstić information content (AvgIpc) is 2.94. The van der Waals surface area contributed by atoms with E-state index in [-0.39, 0.29) is 17.7 Å². The highest BCUT2D eigenvalue weighted by atomic mass is 16.6. The Morgan fingerprint density at radius 1 is 0.864 bits per heavy atom. The van der Waals surface area contributed by atoms with Crippen LogP contribution in [0.15, 0.2) is 36.4 Å². The second-order valence-electron chi connectivity index (χ2n) is 13.3. The van der Waals surface area contributed by atoms with Crippen LogP contribution in [-0.2, 0) is 14.3 Å². The van der Waals surface area contributed by atoms with Crippen LogP contribution in [0.3, 0.4) is 0 Å². The summed E-state index contributed by atoms with van der Waals surface area (Å²) in [6.07, 6.45) is 6.30. The number of aryl methyl sites for hydroxylation is 4. The number of alkyl carbamates (subject to hydrolysis) is 1. The number of benzene rings is 2. The van der Waals surface area contributed by atoms with E-state index in [0.717, 1.165) is 65.6 Å². The smallest absolute Gasteiger partial charge is 0.408 e. The number of para-hydroxylation sites is 1. The van der Waals surface area contributed by atoms with E-state index in [1.165, 1.54) is 6.42 Å². The molecule has 0 saturated carbocycles. The molecule has 0 aliphatic carbocycles. The molecule has 0 radical (unpaired) electrons. The van der Waals surface area contributed by atoms with Crippen LogP contribution in [0.2, 0.25) is 0 Å². The number of unbranched alkanes of at least 4 members (excludes halogenated alkanes) is 5. The van der Waals surface area contributed by atoms with Crippen molar-refractivity contribution in [2.24, 2.45) is 5.92 Å². The summed E-state index contributed by atoms with van der Waals surface area (Å²) >= 11 is 0. The molecule has 0 bridgehead atoms. The molecule has 3 atom stereocenters. The van der Waals surface area contributed by atoms with Crippen LogP contribution < -0.4 is 10.6 Å². The van der Waals surface area contributed by atoms with E-state index in [1.807, 2.05) is 77.9 Å². The predicted molar refractivity (Wildman–Crippen MR) is 181 cm³/mol. The standard InChI is InChI=1S/C37H57N3O4/c1-11-13-14-15-16-17-23-40(35(42)32(26(4)12-2)39-36(43)44-37(8,9)10)33(30-24-25(3)21-22-27(30)5)34(41)38-31-28(6)19-18-20-29(31)7/h18-22,24,26,32-33H,11-17,23H2,1-10H3,(H,38,41)(H,39,43). The largest absolute Gasteiger partial charge is 0.444 e. The normalized spacial score (nSPS) is 13.5. The third kappa shape index (κ3) is 11.0. The molecule has 7 nitrogen and oxygen atoms in total. The third-order valence-electron chi connectivity index (χ3n) is 8.21. The monoisotopic (exact) mass is 607 g/mol. The molecule has 2 rings (SSSR count). The van der Waals surface area contributed by atoms with E-state index < -0.39 is 23.8 Å². The summed E-state index contributed by atoms with van der Waals surface area (Å²) in [7, 11) is 0. The van der Waals surface area contributed by atoms with Gasteiger partial charge in [0.2, 0.25) is 5.91 Å². The van der Waals surface area contributed by atoms with Crippen molar-refractivity contribution in [1.29, 1.82) is 0 Å². The molecule has 0 aliphatic rings. The van der Waals surface area contributed by atoms with Gasteiger partial charge in [-0.3, -0.25) is 9.59 Å². The van der Waals surface area contributed by atoms with Gasteiger partial charge in [0.25, 0.3) is 5.91 Å². The predicted octanol–water partition coefficient (Wildman–Crippen LogP) is 8.73. The second-order valence-corrected chi connectivity index (χ2v) is 13.3. The third-order valence-corrected chi connectivity index (χ3v) is 8.21. The SMILES string of the molecule is CCCCCCCCN(C(=O)C(NC(=O)OC(C)(C)C)C(C)CC)C(C(=O)Nc1c(C)cccc1C)c1cc(C)ccc1C. The van der Waals surface area contributed by atoms with Crippen LogP contribution in [0.5, 0.6) is 0 Å². The van der Waals surface area contributed by atoms with E-state index in [1.54, 1.807) is 25.7 Å². The highest BCUT2D eigenvalue weighted by Gasteiger charge is 2.38. The molecular formula is C37H57N3O4. The van der Waals surface area contributed by atoms with E-state index >= 15 is 0 Å². The Labute approximate surface area is 266 Å². The second kappa shape index (κ2) is 17.2. The summed E-state index contributed by atoms with van der Waals surface area (Å²) < 4.78 is 5.56. The number of hydrogen-bond acceptors (Lipinski definition) is 4. The molecule has 3 unspecified atom stereocenters. The Morgan fingerprint density at radius 3 is 2.07 bits per heavy atom. The van der Waals surface area contributed by atoms with Crippen molar-refractivity contribution in [3.05, 3.63) is 64.2 Å². The minimum Gasteiger partial charge on any atom is -0.444 e. The molecule has 244 valence electrons. The van der Waals surface area contributed by atoms with Crippen LogP contribution in [0.4, 0.5) is 10.5 Å². The Balaban J connectivity index is 2.63. The first-order valence-corrected chi connectivity index (χ1v) is 16.4. The summed E-state index contributed by atoms with van der Waals surface area (Å²) in [6, 6.07) is 10.2. The zero-order chi connectivity index (χ0) is 33.0. The minimum atomic E-state index is -0.885. The van der Waals surface area contributed by atoms with Crippen molar-refractivity contribution in [3.63, 3.8) is 0 Å². The summed E-state index contributed by atoms with van der Waals surface area (Å²) in [5, 5.41) is 6.06. The van der Waals surface area contributed by atoms with Crippen molar-refractivity contribution in [3.8, 4) is 0 Å². The maximum atomic E-state index is 14.7. The highest BCUT2D eigenvalue weighted by Crippen LogP contribution is 2.31. The molecular weight excluding hydrogens is 550 g/mol. The Kier molecular flexibility index (Phi) is 14.4. The minimum absolute atomic E-state index is 0.178. The lowest BCUT2D eigenvalue weighted by molar-refractivity contribution is -0.142. The number of rotatable bonds is 15. The number of anilines is 1. The van der Waals surface area contributed by atoms with Gasteiger partial charge in [0.15, 0.2) is 0 Å². The van der Waals surface area contributed by atoms with E-state index in [0.29, 0.717) is 13.0 Å². The number of carbonyl (C=O) groups excluding carboxylic acids is 3.